The molecule has 27 heavy (non-hydrogen) atoms. The molecular formula is C22H30N4O. The molecule has 5 heteroatoms. The van der Waals surface area contributed by atoms with Crippen molar-refractivity contribution in [2.45, 2.75) is 39.5 Å². The van der Waals surface area contributed by atoms with E-state index in [2.05, 4.69) is 46.5 Å². The van der Waals surface area contributed by atoms with Gasteiger partial charge in [0, 0.05) is 37.2 Å². The van der Waals surface area contributed by atoms with E-state index in [1.165, 1.54) is 24.9 Å². The van der Waals surface area contributed by atoms with Crippen molar-refractivity contribution in [3.63, 3.8) is 0 Å². The van der Waals surface area contributed by atoms with Gasteiger partial charge >= 0.3 is 0 Å². The molecule has 0 saturated carbocycles. The number of carbonyl (C=O) groups is 1. The molecule has 2 N–H and O–H groups in total. The van der Waals surface area contributed by atoms with Gasteiger partial charge in [-0.25, -0.2) is 4.98 Å². The van der Waals surface area contributed by atoms with E-state index in [1.807, 2.05) is 24.3 Å². The standard InChI is InChI=1S/C22H30N4O/c1-17(2)12-13-23-21-11-6-18(16-24-21)22(27)25-19-7-9-20(10-8-19)26-14-4-3-5-15-26/h6-11,16-17H,3-5,12-15H2,1-2H3,(H,23,24)(H,25,27). The normalized spacial score (nSPS) is 14.3. The summed E-state index contributed by atoms with van der Waals surface area (Å²) in [5.41, 5.74) is 2.59. The van der Waals surface area contributed by atoms with Gasteiger partial charge in [0.05, 0.1) is 5.56 Å². The molecule has 1 aliphatic heterocycles. The van der Waals surface area contributed by atoms with E-state index >= 15 is 0 Å². The van der Waals surface area contributed by atoms with Crippen LogP contribution in [0.3, 0.4) is 0 Å². The first kappa shape index (κ1) is 19.2. The lowest BCUT2D eigenvalue weighted by Gasteiger charge is -2.28. The quantitative estimate of drug-likeness (QED) is 0.740. The predicted octanol–water partition coefficient (Wildman–Crippen LogP) is 4.78. The van der Waals surface area contributed by atoms with E-state index in [1.54, 1.807) is 6.20 Å². The van der Waals surface area contributed by atoms with Crippen LogP contribution < -0.4 is 15.5 Å². The number of nitrogens with zero attached hydrogens (tertiary/aromatic N) is 2. The molecule has 2 heterocycles. The van der Waals surface area contributed by atoms with Crippen LogP contribution in [0.15, 0.2) is 42.6 Å². The Bertz CT molecular complexity index is 719. The van der Waals surface area contributed by atoms with Crippen LogP contribution in [0.4, 0.5) is 17.2 Å². The Labute approximate surface area is 162 Å². The number of amides is 1. The van der Waals surface area contributed by atoms with E-state index in [0.717, 1.165) is 37.6 Å². The Morgan fingerprint density at radius 2 is 1.81 bits per heavy atom. The molecule has 1 aromatic carbocycles. The molecule has 1 saturated heterocycles. The van der Waals surface area contributed by atoms with Crippen LogP contribution >= 0.6 is 0 Å². The zero-order chi connectivity index (χ0) is 19.1. The maximum absolute atomic E-state index is 12.4. The molecule has 144 valence electrons. The average molecular weight is 367 g/mol. The molecule has 1 aromatic heterocycles. The van der Waals surface area contributed by atoms with Crippen molar-refractivity contribution in [2.24, 2.45) is 5.92 Å². The largest absolute Gasteiger partial charge is 0.372 e. The van der Waals surface area contributed by atoms with Crippen molar-refractivity contribution in [1.82, 2.24) is 4.98 Å². The Kier molecular flexibility index (Phi) is 6.69. The molecule has 0 aliphatic carbocycles. The minimum Gasteiger partial charge on any atom is -0.372 e. The summed E-state index contributed by atoms with van der Waals surface area (Å²) in [6, 6.07) is 11.8. The molecule has 5 nitrogen and oxygen atoms in total. The van der Waals surface area contributed by atoms with Gasteiger partial charge in [0.15, 0.2) is 0 Å². The number of pyridine rings is 1. The summed E-state index contributed by atoms with van der Waals surface area (Å²) in [6.07, 6.45) is 6.55. The second-order valence-electron chi connectivity index (χ2n) is 7.59. The molecule has 0 spiro atoms. The maximum atomic E-state index is 12.4. The molecule has 1 fully saturated rings. The van der Waals surface area contributed by atoms with Crippen molar-refractivity contribution in [3.05, 3.63) is 48.2 Å². The summed E-state index contributed by atoms with van der Waals surface area (Å²) in [4.78, 5) is 19.2. The fourth-order valence-corrected chi connectivity index (χ4v) is 3.23. The van der Waals surface area contributed by atoms with Gasteiger partial charge in [-0.1, -0.05) is 13.8 Å². The Morgan fingerprint density at radius 3 is 2.44 bits per heavy atom. The van der Waals surface area contributed by atoms with Gasteiger partial charge < -0.3 is 15.5 Å². The topological polar surface area (TPSA) is 57.3 Å². The number of hydrogen-bond donors (Lipinski definition) is 2. The first-order valence-corrected chi connectivity index (χ1v) is 9.98. The number of hydrogen-bond acceptors (Lipinski definition) is 4. The van der Waals surface area contributed by atoms with Crippen LogP contribution in [0, 0.1) is 5.92 Å². The molecule has 0 bridgehead atoms. The highest BCUT2D eigenvalue weighted by Crippen LogP contribution is 2.22. The van der Waals surface area contributed by atoms with Gasteiger partial charge in [0.2, 0.25) is 0 Å². The highest BCUT2D eigenvalue weighted by atomic mass is 16.1. The summed E-state index contributed by atoms with van der Waals surface area (Å²) in [7, 11) is 0. The van der Waals surface area contributed by atoms with Crippen molar-refractivity contribution in [2.75, 3.05) is 35.2 Å². The van der Waals surface area contributed by atoms with Crippen molar-refractivity contribution < 1.29 is 4.79 Å². The zero-order valence-corrected chi connectivity index (χ0v) is 16.4. The number of anilines is 3. The van der Waals surface area contributed by atoms with Crippen LogP contribution in [0.25, 0.3) is 0 Å². The summed E-state index contributed by atoms with van der Waals surface area (Å²) in [5, 5.41) is 6.23. The van der Waals surface area contributed by atoms with E-state index in [-0.39, 0.29) is 5.91 Å². The van der Waals surface area contributed by atoms with Gasteiger partial charge in [-0.05, 0) is 68.0 Å². The Balaban J connectivity index is 1.53. The van der Waals surface area contributed by atoms with Gasteiger partial charge in [-0.15, -0.1) is 0 Å². The monoisotopic (exact) mass is 366 g/mol. The number of carbonyl (C=O) groups excluding carboxylic acids is 1. The summed E-state index contributed by atoms with van der Waals surface area (Å²) in [6.45, 7) is 7.52. The van der Waals surface area contributed by atoms with Crippen LogP contribution in [-0.4, -0.2) is 30.5 Å². The first-order chi connectivity index (χ1) is 13.1. The third-order valence-corrected chi connectivity index (χ3v) is 4.90. The van der Waals surface area contributed by atoms with Gasteiger partial charge in [-0.2, -0.15) is 0 Å². The van der Waals surface area contributed by atoms with Crippen LogP contribution in [0.2, 0.25) is 0 Å². The number of piperidine rings is 1. The molecule has 0 radical (unpaired) electrons. The summed E-state index contributed by atoms with van der Waals surface area (Å²) >= 11 is 0. The summed E-state index contributed by atoms with van der Waals surface area (Å²) < 4.78 is 0. The fourth-order valence-electron chi connectivity index (χ4n) is 3.23. The van der Waals surface area contributed by atoms with Gasteiger partial charge in [-0.3, -0.25) is 4.79 Å². The lowest BCUT2D eigenvalue weighted by Crippen LogP contribution is -2.29. The number of benzene rings is 1. The van der Waals surface area contributed by atoms with Crippen molar-refractivity contribution in [3.8, 4) is 0 Å². The second kappa shape index (κ2) is 9.40. The molecule has 0 atom stereocenters. The van der Waals surface area contributed by atoms with Crippen molar-refractivity contribution >= 4 is 23.1 Å². The highest BCUT2D eigenvalue weighted by molar-refractivity contribution is 6.04. The molecule has 1 amide bonds. The number of aromatic nitrogens is 1. The van der Waals surface area contributed by atoms with Crippen LogP contribution in [0.5, 0.6) is 0 Å². The SMILES string of the molecule is CC(C)CCNc1ccc(C(=O)Nc2ccc(N3CCCCC3)cc2)cn1. The summed E-state index contributed by atoms with van der Waals surface area (Å²) in [5.74, 6) is 1.32. The molecule has 3 rings (SSSR count). The van der Waals surface area contributed by atoms with Gasteiger partial charge in [0.25, 0.3) is 5.91 Å². The molecule has 1 aliphatic rings. The molecular weight excluding hydrogens is 336 g/mol. The van der Waals surface area contributed by atoms with Crippen molar-refractivity contribution in [1.29, 1.82) is 0 Å². The number of nitrogens with one attached hydrogen (secondary N) is 2. The molecule has 2 aromatic rings. The minimum absolute atomic E-state index is 0.137. The average Bonchev–Trinajstić information content (AvgIpc) is 2.69. The highest BCUT2D eigenvalue weighted by Gasteiger charge is 2.11. The van der Waals surface area contributed by atoms with E-state index < -0.39 is 0 Å². The Hall–Kier alpha value is -2.56. The zero-order valence-electron chi connectivity index (χ0n) is 16.4. The second-order valence-corrected chi connectivity index (χ2v) is 7.59. The number of rotatable bonds is 7. The smallest absolute Gasteiger partial charge is 0.257 e. The predicted molar refractivity (Wildman–Crippen MR) is 113 cm³/mol. The third-order valence-electron chi connectivity index (χ3n) is 4.90. The van der Waals surface area contributed by atoms with Gasteiger partial charge in [0.1, 0.15) is 5.82 Å². The molecule has 0 unspecified atom stereocenters. The van der Waals surface area contributed by atoms with E-state index in [4.69, 9.17) is 0 Å². The third kappa shape index (κ3) is 5.71. The van der Waals surface area contributed by atoms with E-state index in [9.17, 15) is 4.79 Å². The van der Waals surface area contributed by atoms with Crippen LogP contribution in [-0.2, 0) is 0 Å². The lowest BCUT2D eigenvalue weighted by atomic mass is 10.1. The Morgan fingerprint density at radius 1 is 1.07 bits per heavy atom. The van der Waals surface area contributed by atoms with E-state index in [0.29, 0.717) is 11.5 Å². The fraction of sp³-hybridized carbons (Fsp3) is 0.455. The maximum Gasteiger partial charge on any atom is 0.257 e. The first-order valence-electron chi connectivity index (χ1n) is 9.98. The lowest BCUT2D eigenvalue weighted by molar-refractivity contribution is 0.102. The van der Waals surface area contributed by atoms with Crippen LogP contribution in [0.1, 0.15) is 49.9 Å². The minimum atomic E-state index is -0.137.